The largest absolute Gasteiger partial charge is 0.495 e. The van der Waals surface area contributed by atoms with E-state index in [4.69, 9.17) is 9.47 Å². The van der Waals surface area contributed by atoms with Crippen molar-refractivity contribution in [3.05, 3.63) is 39.7 Å². The molecule has 2 heterocycles. The number of anilines is 2. The first-order valence-corrected chi connectivity index (χ1v) is 10.2. The number of benzene rings is 1. The van der Waals surface area contributed by atoms with Crippen LogP contribution in [0.15, 0.2) is 23.0 Å². The van der Waals surface area contributed by atoms with Crippen LogP contribution in [0.5, 0.6) is 5.75 Å². The summed E-state index contributed by atoms with van der Waals surface area (Å²) in [4.78, 5) is 27.9. The number of hydrogen-bond donors (Lipinski definition) is 2. The summed E-state index contributed by atoms with van der Waals surface area (Å²) in [6.07, 6.45) is 0. The van der Waals surface area contributed by atoms with Crippen LogP contribution < -0.4 is 15.6 Å². The number of methoxy groups -OCH3 is 1. The second-order valence-corrected chi connectivity index (χ2v) is 8.51. The normalized spacial score (nSPS) is 14.3. The molecule has 1 saturated heterocycles. The minimum Gasteiger partial charge on any atom is -0.495 e. The fourth-order valence-corrected chi connectivity index (χ4v) is 4.30. The Balaban J connectivity index is 2.09. The highest BCUT2D eigenvalue weighted by molar-refractivity contribution is 7.11. The number of morpholine rings is 1. The summed E-state index contributed by atoms with van der Waals surface area (Å²) >= 11 is 1.03. The van der Waals surface area contributed by atoms with Crippen LogP contribution in [0.2, 0.25) is 0 Å². The minimum absolute atomic E-state index is 0.0264. The van der Waals surface area contributed by atoms with Crippen LogP contribution in [0.25, 0.3) is 0 Å². The van der Waals surface area contributed by atoms with E-state index in [9.17, 15) is 20.0 Å². The molecule has 0 radical (unpaired) electrons. The molecule has 0 saturated carbocycles. The maximum atomic E-state index is 13.2. The van der Waals surface area contributed by atoms with E-state index in [0.717, 1.165) is 11.5 Å². The van der Waals surface area contributed by atoms with Gasteiger partial charge in [0, 0.05) is 13.1 Å². The first-order chi connectivity index (χ1) is 14.2. The van der Waals surface area contributed by atoms with Crippen molar-refractivity contribution in [2.45, 2.75) is 26.0 Å². The highest BCUT2D eigenvalue weighted by atomic mass is 32.1. The first-order valence-electron chi connectivity index (χ1n) is 9.43. The van der Waals surface area contributed by atoms with Crippen molar-refractivity contribution in [1.82, 2.24) is 8.86 Å². The molecule has 1 aromatic carbocycles. The van der Waals surface area contributed by atoms with E-state index in [1.807, 2.05) is 0 Å². The predicted molar refractivity (Wildman–Crippen MR) is 113 cm³/mol. The average molecular weight is 433 g/mol. The summed E-state index contributed by atoms with van der Waals surface area (Å²) in [6.45, 7) is 4.78. The SMILES string of the molecule is COc1cccc(C#N)c1Nc1sn(CC(C)(C)O)c(=O)c1C(=O)N1CCOCC1. The molecule has 0 bridgehead atoms. The Kier molecular flexibility index (Phi) is 6.45. The number of nitrogens with zero attached hydrogens (tertiary/aromatic N) is 3. The van der Waals surface area contributed by atoms with E-state index >= 15 is 0 Å². The summed E-state index contributed by atoms with van der Waals surface area (Å²) in [7, 11) is 1.48. The Labute approximate surface area is 178 Å². The van der Waals surface area contributed by atoms with Gasteiger partial charge in [-0.25, -0.2) is 0 Å². The molecular weight excluding hydrogens is 408 g/mol. The summed E-state index contributed by atoms with van der Waals surface area (Å²) in [5.41, 5.74) is -0.979. The number of aliphatic hydroxyl groups is 1. The highest BCUT2D eigenvalue weighted by Gasteiger charge is 2.30. The van der Waals surface area contributed by atoms with Crippen LogP contribution in [0.3, 0.4) is 0 Å². The van der Waals surface area contributed by atoms with Crippen LogP contribution in [0.4, 0.5) is 10.7 Å². The van der Waals surface area contributed by atoms with Crippen LogP contribution in [-0.2, 0) is 11.3 Å². The molecule has 0 aliphatic carbocycles. The Hall–Kier alpha value is -2.87. The molecule has 2 N–H and O–H groups in total. The second-order valence-electron chi connectivity index (χ2n) is 7.47. The number of hydrogen-bond acceptors (Lipinski definition) is 8. The number of ether oxygens (including phenoxy) is 2. The zero-order valence-electron chi connectivity index (χ0n) is 17.1. The Morgan fingerprint density at radius 1 is 1.40 bits per heavy atom. The van der Waals surface area contributed by atoms with Crippen molar-refractivity contribution < 1.29 is 19.4 Å². The number of carbonyl (C=O) groups excluding carboxylic acids is 1. The molecule has 1 aliphatic rings. The summed E-state index contributed by atoms with van der Waals surface area (Å²) in [5, 5.41) is 23.0. The van der Waals surface area contributed by atoms with Crippen LogP contribution in [0, 0.1) is 11.3 Å². The lowest BCUT2D eigenvalue weighted by molar-refractivity contribution is 0.0301. The van der Waals surface area contributed by atoms with Gasteiger partial charge in [-0.2, -0.15) is 5.26 Å². The number of amides is 1. The van der Waals surface area contributed by atoms with Crippen LogP contribution in [0.1, 0.15) is 29.8 Å². The van der Waals surface area contributed by atoms with Gasteiger partial charge >= 0.3 is 0 Å². The lowest BCUT2D eigenvalue weighted by atomic mass is 10.1. The smallest absolute Gasteiger partial charge is 0.275 e. The minimum atomic E-state index is -1.15. The molecule has 160 valence electrons. The Morgan fingerprint density at radius 3 is 2.70 bits per heavy atom. The van der Waals surface area contributed by atoms with Gasteiger partial charge in [-0.15, -0.1) is 0 Å². The van der Waals surface area contributed by atoms with E-state index in [1.165, 1.54) is 11.1 Å². The zero-order chi connectivity index (χ0) is 21.9. The van der Waals surface area contributed by atoms with Gasteiger partial charge in [-0.3, -0.25) is 13.5 Å². The fraction of sp³-hybridized carbons (Fsp3) is 0.450. The van der Waals surface area contributed by atoms with Gasteiger partial charge in [0.25, 0.3) is 11.5 Å². The van der Waals surface area contributed by atoms with Gasteiger partial charge in [-0.1, -0.05) is 6.07 Å². The molecule has 0 spiro atoms. The second kappa shape index (κ2) is 8.87. The van der Waals surface area contributed by atoms with E-state index < -0.39 is 17.1 Å². The van der Waals surface area contributed by atoms with Crippen LogP contribution in [-0.4, -0.2) is 58.9 Å². The number of aromatic nitrogens is 1. The predicted octanol–water partition coefficient (Wildman–Crippen LogP) is 1.78. The van der Waals surface area contributed by atoms with Crippen molar-refractivity contribution in [3.63, 3.8) is 0 Å². The van der Waals surface area contributed by atoms with Gasteiger partial charge in [-0.05, 0) is 37.5 Å². The quantitative estimate of drug-likeness (QED) is 0.714. The summed E-state index contributed by atoms with van der Waals surface area (Å²) in [5.74, 6) is -0.00124. The third kappa shape index (κ3) is 4.64. The molecule has 1 aliphatic heterocycles. The standard InChI is InChI=1S/C20H24N4O5S/c1-20(2,27)12-24-19(26)15(18(25)23-7-9-29-10-8-23)17(30-24)22-16-13(11-21)5-4-6-14(16)28-3/h4-6,22,27H,7-10,12H2,1-3H3. The number of carbonyl (C=O) groups is 1. The van der Waals surface area contributed by atoms with Crippen LogP contribution >= 0.6 is 11.5 Å². The van der Waals surface area contributed by atoms with Crippen molar-refractivity contribution in [2.75, 3.05) is 38.7 Å². The van der Waals surface area contributed by atoms with Gasteiger partial charge in [0.1, 0.15) is 22.4 Å². The number of nitriles is 1. The molecule has 2 aromatic rings. The molecule has 0 unspecified atom stereocenters. The summed E-state index contributed by atoms with van der Waals surface area (Å²) in [6, 6.07) is 7.07. The number of rotatable bonds is 6. The first kappa shape index (κ1) is 21.8. The molecule has 0 atom stereocenters. The van der Waals surface area contributed by atoms with E-state index in [2.05, 4.69) is 11.4 Å². The fourth-order valence-electron chi connectivity index (χ4n) is 3.11. The topological polar surface area (TPSA) is 117 Å². The van der Waals surface area contributed by atoms with E-state index in [-0.39, 0.29) is 12.1 Å². The maximum absolute atomic E-state index is 13.2. The molecule has 10 heteroatoms. The molecule has 1 fully saturated rings. The van der Waals surface area contributed by atoms with Crippen molar-refractivity contribution in [2.24, 2.45) is 0 Å². The third-order valence-electron chi connectivity index (χ3n) is 4.52. The van der Waals surface area contributed by atoms with Crippen molar-refractivity contribution in [1.29, 1.82) is 5.26 Å². The molecule has 1 amide bonds. The monoisotopic (exact) mass is 432 g/mol. The molecular formula is C20H24N4O5S. The van der Waals surface area contributed by atoms with Gasteiger partial charge < -0.3 is 24.8 Å². The number of nitrogens with one attached hydrogen (secondary N) is 1. The Morgan fingerprint density at radius 2 is 2.10 bits per heavy atom. The highest BCUT2D eigenvalue weighted by Crippen LogP contribution is 2.34. The molecule has 3 rings (SSSR count). The van der Waals surface area contributed by atoms with Crippen molar-refractivity contribution >= 4 is 28.1 Å². The third-order valence-corrected chi connectivity index (χ3v) is 5.52. The maximum Gasteiger partial charge on any atom is 0.275 e. The van der Waals surface area contributed by atoms with Gasteiger partial charge in [0.2, 0.25) is 0 Å². The summed E-state index contributed by atoms with van der Waals surface area (Å²) < 4.78 is 12.0. The lowest BCUT2D eigenvalue weighted by Gasteiger charge is -2.26. The molecule has 9 nitrogen and oxygen atoms in total. The van der Waals surface area contributed by atoms with Crippen molar-refractivity contribution in [3.8, 4) is 11.8 Å². The molecule has 30 heavy (non-hydrogen) atoms. The number of para-hydroxylation sites is 1. The van der Waals surface area contributed by atoms with E-state index in [1.54, 1.807) is 36.9 Å². The average Bonchev–Trinajstić information content (AvgIpc) is 3.01. The molecule has 1 aromatic heterocycles. The zero-order valence-corrected chi connectivity index (χ0v) is 17.9. The van der Waals surface area contributed by atoms with Gasteiger partial charge in [0.05, 0.1) is 43.7 Å². The van der Waals surface area contributed by atoms with Gasteiger partial charge in [0.15, 0.2) is 0 Å². The lowest BCUT2D eigenvalue weighted by Crippen LogP contribution is -2.43. The van der Waals surface area contributed by atoms with E-state index in [0.29, 0.717) is 48.3 Å². The Bertz CT molecular complexity index is 1030.